The third-order valence-corrected chi connectivity index (χ3v) is 4.14. The smallest absolute Gasteiger partial charge is 0.311 e. The van der Waals surface area contributed by atoms with E-state index in [-0.39, 0.29) is 5.92 Å². The van der Waals surface area contributed by atoms with E-state index in [2.05, 4.69) is 21.2 Å². The molecular formula is C14H18BrNO3. The SMILES string of the molecule is COc1ccc(Br)cc1C(C(=O)O)C1CCNCC1. The summed E-state index contributed by atoms with van der Waals surface area (Å²) in [5, 5.41) is 12.9. The van der Waals surface area contributed by atoms with Crippen LogP contribution in [0.15, 0.2) is 22.7 Å². The standard InChI is InChI=1S/C14H18BrNO3/c1-19-12-3-2-10(15)8-11(12)13(14(17)18)9-4-6-16-7-5-9/h2-3,8-9,13,16H,4-7H2,1H3,(H,17,18). The van der Waals surface area contributed by atoms with Crippen molar-refractivity contribution in [3.05, 3.63) is 28.2 Å². The number of hydrogen-bond donors (Lipinski definition) is 2. The third kappa shape index (κ3) is 3.28. The molecule has 0 aromatic heterocycles. The molecule has 4 nitrogen and oxygen atoms in total. The molecule has 2 rings (SSSR count). The lowest BCUT2D eigenvalue weighted by Gasteiger charge is -2.29. The summed E-state index contributed by atoms with van der Waals surface area (Å²) in [5.74, 6) is -0.478. The first kappa shape index (κ1) is 14.3. The van der Waals surface area contributed by atoms with E-state index in [1.807, 2.05) is 18.2 Å². The molecule has 0 saturated carbocycles. The fourth-order valence-corrected chi connectivity index (χ4v) is 3.09. The molecule has 0 amide bonds. The Labute approximate surface area is 121 Å². The topological polar surface area (TPSA) is 58.6 Å². The molecule has 1 aromatic rings. The molecule has 104 valence electrons. The number of carbonyl (C=O) groups is 1. The monoisotopic (exact) mass is 327 g/mol. The van der Waals surface area contributed by atoms with Gasteiger partial charge < -0.3 is 15.2 Å². The van der Waals surface area contributed by atoms with Crippen molar-refractivity contribution < 1.29 is 14.6 Å². The molecule has 0 bridgehead atoms. The average molecular weight is 328 g/mol. The second-order valence-electron chi connectivity index (χ2n) is 4.79. The van der Waals surface area contributed by atoms with E-state index in [4.69, 9.17) is 4.74 Å². The van der Waals surface area contributed by atoms with Gasteiger partial charge in [0.05, 0.1) is 13.0 Å². The molecule has 1 aliphatic rings. The summed E-state index contributed by atoms with van der Waals surface area (Å²) in [5.41, 5.74) is 0.760. The molecule has 5 heteroatoms. The minimum Gasteiger partial charge on any atom is -0.496 e. The number of carboxylic acid groups (broad SMARTS) is 1. The van der Waals surface area contributed by atoms with Gasteiger partial charge in [0.15, 0.2) is 0 Å². The van der Waals surface area contributed by atoms with E-state index in [0.717, 1.165) is 36.0 Å². The van der Waals surface area contributed by atoms with E-state index in [0.29, 0.717) is 5.75 Å². The van der Waals surface area contributed by atoms with Crippen molar-refractivity contribution in [2.24, 2.45) is 5.92 Å². The summed E-state index contributed by atoms with van der Waals surface area (Å²) in [6.45, 7) is 1.76. The maximum Gasteiger partial charge on any atom is 0.311 e. The molecule has 1 unspecified atom stereocenters. The highest BCUT2D eigenvalue weighted by molar-refractivity contribution is 9.10. The first-order chi connectivity index (χ1) is 9.13. The van der Waals surface area contributed by atoms with E-state index < -0.39 is 11.9 Å². The maximum atomic E-state index is 11.7. The van der Waals surface area contributed by atoms with Gasteiger partial charge in [-0.3, -0.25) is 4.79 Å². The van der Waals surface area contributed by atoms with E-state index in [1.54, 1.807) is 7.11 Å². The Morgan fingerprint density at radius 2 is 2.16 bits per heavy atom. The van der Waals surface area contributed by atoms with Crippen LogP contribution in [0.1, 0.15) is 24.3 Å². The van der Waals surface area contributed by atoms with Crippen molar-refractivity contribution in [2.45, 2.75) is 18.8 Å². The van der Waals surface area contributed by atoms with E-state index in [1.165, 1.54) is 0 Å². The molecule has 0 aliphatic carbocycles. The number of ether oxygens (including phenoxy) is 1. The highest BCUT2D eigenvalue weighted by Crippen LogP contribution is 2.37. The van der Waals surface area contributed by atoms with Crippen molar-refractivity contribution >= 4 is 21.9 Å². The van der Waals surface area contributed by atoms with Crippen LogP contribution in [0, 0.1) is 5.92 Å². The van der Waals surface area contributed by atoms with Gasteiger partial charge in [-0.05, 0) is 50.0 Å². The van der Waals surface area contributed by atoms with Gasteiger partial charge in [0, 0.05) is 10.0 Å². The minimum absolute atomic E-state index is 0.155. The van der Waals surface area contributed by atoms with Crippen molar-refractivity contribution in [3.63, 3.8) is 0 Å². The Bertz CT molecular complexity index is 458. The molecule has 1 fully saturated rings. The van der Waals surface area contributed by atoms with Gasteiger partial charge in [-0.15, -0.1) is 0 Å². The fraction of sp³-hybridized carbons (Fsp3) is 0.500. The van der Waals surface area contributed by atoms with E-state index in [9.17, 15) is 9.90 Å². The van der Waals surface area contributed by atoms with Crippen LogP contribution in [0.5, 0.6) is 5.75 Å². The molecule has 0 spiro atoms. The Kier molecular flexibility index (Phi) is 4.82. The van der Waals surface area contributed by atoms with Crippen molar-refractivity contribution in [2.75, 3.05) is 20.2 Å². The lowest BCUT2D eigenvalue weighted by Crippen LogP contribution is -2.33. The average Bonchev–Trinajstić information content (AvgIpc) is 2.40. The highest BCUT2D eigenvalue weighted by atomic mass is 79.9. The number of carboxylic acids is 1. The summed E-state index contributed by atoms with van der Waals surface area (Å²) in [6.07, 6.45) is 1.76. The summed E-state index contributed by atoms with van der Waals surface area (Å²) >= 11 is 3.41. The molecular weight excluding hydrogens is 310 g/mol. The number of nitrogens with one attached hydrogen (secondary N) is 1. The van der Waals surface area contributed by atoms with Crippen LogP contribution in [0.2, 0.25) is 0 Å². The quantitative estimate of drug-likeness (QED) is 0.892. The number of hydrogen-bond acceptors (Lipinski definition) is 3. The number of piperidine rings is 1. The van der Waals surface area contributed by atoms with E-state index >= 15 is 0 Å². The lowest BCUT2D eigenvalue weighted by molar-refractivity contribution is -0.140. The van der Waals surface area contributed by atoms with Crippen molar-refractivity contribution in [3.8, 4) is 5.75 Å². The number of rotatable bonds is 4. The zero-order valence-electron chi connectivity index (χ0n) is 10.9. The molecule has 1 aliphatic heterocycles. The first-order valence-electron chi connectivity index (χ1n) is 6.40. The Morgan fingerprint density at radius 1 is 1.47 bits per heavy atom. The zero-order chi connectivity index (χ0) is 13.8. The van der Waals surface area contributed by atoms with Crippen LogP contribution in [0.4, 0.5) is 0 Å². The van der Waals surface area contributed by atoms with Crippen LogP contribution in [-0.4, -0.2) is 31.3 Å². The Hall–Kier alpha value is -1.07. The Balaban J connectivity index is 2.37. The van der Waals surface area contributed by atoms with Crippen molar-refractivity contribution in [1.29, 1.82) is 0 Å². The van der Waals surface area contributed by atoms with Crippen molar-refractivity contribution in [1.82, 2.24) is 5.32 Å². The normalized spacial score (nSPS) is 18.0. The van der Waals surface area contributed by atoms with Crippen LogP contribution in [0.3, 0.4) is 0 Å². The number of aliphatic carboxylic acids is 1. The maximum absolute atomic E-state index is 11.7. The zero-order valence-corrected chi connectivity index (χ0v) is 12.4. The Morgan fingerprint density at radius 3 is 2.74 bits per heavy atom. The summed E-state index contributed by atoms with van der Waals surface area (Å²) in [7, 11) is 1.58. The second kappa shape index (κ2) is 6.39. The first-order valence-corrected chi connectivity index (χ1v) is 7.19. The summed E-state index contributed by atoms with van der Waals surface area (Å²) in [4.78, 5) is 11.7. The summed E-state index contributed by atoms with van der Waals surface area (Å²) in [6, 6.07) is 5.54. The van der Waals surface area contributed by atoms with Gasteiger partial charge in [0.25, 0.3) is 0 Å². The molecule has 2 N–H and O–H groups in total. The van der Waals surface area contributed by atoms with Gasteiger partial charge in [0.2, 0.25) is 0 Å². The molecule has 1 aromatic carbocycles. The van der Waals surface area contributed by atoms with Gasteiger partial charge in [-0.2, -0.15) is 0 Å². The van der Waals surface area contributed by atoms with Gasteiger partial charge in [-0.25, -0.2) is 0 Å². The number of methoxy groups -OCH3 is 1. The van der Waals surface area contributed by atoms with Gasteiger partial charge in [0.1, 0.15) is 5.75 Å². The third-order valence-electron chi connectivity index (χ3n) is 3.65. The predicted octanol–water partition coefficient (Wildman–Crippen LogP) is 2.63. The fourth-order valence-electron chi connectivity index (χ4n) is 2.71. The van der Waals surface area contributed by atoms with Crippen LogP contribution in [0.25, 0.3) is 0 Å². The highest BCUT2D eigenvalue weighted by Gasteiger charge is 2.32. The summed E-state index contributed by atoms with van der Waals surface area (Å²) < 4.78 is 6.20. The molecule has 1 atom stereocenters. The lowest BCUT2D eigenvalue weighted by atomic mass is 9.80. The number of benzene rings is 1. The molecule has 0 radical (unpaired) electrons. The van der Waals surface area contributed by atoms with Crippen LogP contribution in [-0.2, 0) is 4.79 Å². The van der Waals surface area contributed by atoms with Gasteiger partial charge in [-0.1, -0.05) is 15.9 Å². The predicted molar refractivity (Wildman–Crippen MR) is 76.7 cm³/mol. The van der Waals surface area contributed by atoms with Crippen LogP contribution < -0.4 is 10.1 Å². The number of halogens is 1. The van der Waals surface area contributed by atoms with Gasteiger partial charge >= 0.3 is 5.97 Å². The second-order valence-corrected chi connectivity index (χ2v) is 5.71. The van der Waals surface area contributed by atoms with Crippen LogP contribution >= 0.6 is 15.9 Å². The molecule has 19 heavy (non-hydrogen) atoms. The molecule has 1 saturated heterocycles. The minimum atomic E-state index is -0.775. The molecule has 1 heterocycles. The largest absolute Gasteiger partial charge is 0.496 e.